The summed E-state index contributed by atoms with van der Waals surface area (Å²) in [5.74, 6) is 0.526. The Morgan fingerprint density at radius 1 is 1.29 bits per heavy atom. The minimum Gasteiger partial charge on any atom is -0.276 e. The summed E-state index contributed by atoms with van der Waals surface area (Å²) < 4.78 is 0. The van der Waals surface area contributed by atoms with Gasteiger partial charge in [-0.15, -0.1) is 0 Å². The van der Waals surface area contributed by atoms with Crippen molar-refractivity contribution >= 4 is 28.2 Å². The molecule has 0 aliphatic rings. The molecule has 2 aromatic rings. The summed E-state index contributed by atoms with van der Waals surface area (Å²) in [5.41, 5.74) is 1.15. The molecule has 0 radical (unpaired) electrons. The molecule has 14 heavy (non-hydrogen) atoms. The highest BCUT2D eigenvalue weighted by Gasteiger charge is 2.13. The first kappa shape index (κ1) is 9.30. The van der Waals surface area contributed by atoms with Gasteiger partial charge in [-0.25, -0.2) is 9.97 Å². The maximum Gasteiger partial charge on any atom is 0.253 e. The molecule has 0 aliphatic carbocycles. The minimum atomic E-state index is -0.478. The van der Waals surface area contributed by atoms with Crippen molar-refractivity contribution in [1.29, 1.82) is 0 Å². The van der Waals surface area contributed by atoms with Crippen LogP contribution in [-0.4, -0.2) is 15.2 Å². The Morgan fingerprint density at radius 3 is 2.64 bits per heavy atom. The van der Waals surface area contributed by atoms with Gasteiger partial charge in [-0.3, -0.25) is 4.79 Å². The van der Waals surface area contributed by atoms with Crippen LogP contribution < -0.4 is 0 Å². The van der Waals surface area contributed by atoms with Gasteiger partial charge in [0.1, 0.15) is 0 Å². The van der Waals surface area contributed by atoms with E-state index in [1.165, 1.54) is 11.3 Å². The van der Waals surface area contributed by atoms with Gasteiger partial charge in [0.2, 0.25) is 0 Å². The number of carbonyl (C=O) groups is 1. The van der Waals surface area contributed by atoms with Crippen molar-refractivity contribution < 1.29 is 4.79 Å². The van der Waals surface area contributed by atoms with Gasteiger partial charge in [0.05, 0.1) is 5.56 Å². The predicted octanol–water partition coefficient (Wildman–Crippen LogP) is 2.58. The third-order valence-electron chi connectivity index (χ3n) is 1.68. The van der Waals surface area contributed by atoms with Crippen LogP contribution >= 0.6 is 22.9 Å². The molecule has 0 atom stereocenters. The summed E-state index contributed by atoms with van der Waals surface area (Å²) in [6, 6.07) is 1.72. The summed E-state index contributed by atoms with van der Waals surface area (Å²) >= 11 is 6.82. The van der Waals surface area contributed by atoms with E-state index < -0.39 is 5.24 Å². The zero-order chi connectivity index (χ0) is 9.97. The molecule has 0 aromatic carbocycles. The number of hydrogen-bond acceptors (Lipinski definition) is 4. The fourth-order valence-corrected chi connectivity index (χ4v) is 2.09. The van der Waals surface area contributed by atoms with Crippen molar-refractivity contribution in [1.82, 2.24) is 9.97 Å². The van der Waals surface area contributed by atoms with Crippen molar-refractivity contribution in [2.45, 2.75) is 0 Å². The van der Waals surface area contributed by atoms with E-state index in [0.29, 0.717) is 17.0 Å². The van der Waals surface area contributed by atoms with E-state index >= 15 is 0 Å². The third kappa shape index (κ3) is 1.66. The van der Waals surface area contributed by atoms with Crippen molar-refractivity contribution in [3.05, 3.63) is 34.8 Å². The van der Waals surface area contributed by atoms with Crippen LogP contribution in [0.5, 0.6) is 0 Å². The van der Waals surface area contributed by atoms with Gasteiger partial charge < -0.3 is 0 Å². The molecule has 0 saturated heterocycles. The second kappa shape index (κ2) is 3.86. The van der Waals surface area contributed by atoms with E-state index in [1.54, 1.807) is 23.8 Å². The summed E-state index contributed by atoms with van der Waals surface area (Å²) in [4.78, 5) is 19.1. The number of rotatable bonds is 2. The van der Waals surface area contributed by atoms with E-state index in [-0.39, 0.29) is 0 Å². The van der Waals surface area contributed by atoms with Crippen LogP contribution in [0.4, 0.5) is 0 Å². The molecule has 3 nitrogen and oxygen atoms in total. The minimum absolute atomic E-state index is 0.461. The van der Waals surface area contributed by atoms with E-state index in [1.807, 2.05) is 5.38 Å². The summed E-state index contributed by atoms with van der Waals surface area (Å²) in [7, 11) is 0. The average Bonchev–Trinajstić information content (AvgIpc) is 2.67. The normalized spacial score (nSPS) is 10.1. The van der Waals surface area contributed by atoms with Crippen molar-refractivity contribution in [3.63, 3.8) is 0 Å². The lowest BCUT2D eigenvalue weighted by atomic mass is 10.2. The molecule has 0 fully saturated rings. The zero-order valence-corrected chi connectivity index (χ0v) is 8.55. The Balaban J connectivity index is 2.52. The summed E-state index contributed by atoms with van der Waals surface area (Å²) in [6.45, 7) is 0. The van der Waals surface area contributed by atoms with Crippen LogP contribution in [0.1, 0.15) is 10.4 Å². The predicted molar refractivity (Wildman–Crippen MR) is 55.5 cm³/mol. The summed E-state index contributed by atoms with van der Waals surface area (Å²) in [6.07, 6.45) is 3.25. The first-order valence-corrected chi connectivity index (χ1v) is 5.14. The Labute approximate surface area is 89.4 Å². The second-order valence-electron chi connectivity index (χ2n) is 2.55. The molecule has 0 spiro atoms. The lowest BCUT2D eigenvalue weighted by Gasteiger charge is -1.96. The van der Waals surface area contributed by atoms with Crippen LogP contribution in [0.25, 0.3) is 11.4 Å². The molecule has 0 bridgehead atoms. The van der Waals surface area contributed by atoms with Gasteiger partial charge in [0.25, 0.3) is 5.24 Å². The average molecular weight is 225 g/mol. The van der Waals surface area contributed by atoms with Gasteiger partial charge >= 0.3 is 0 Å². The largest absolute Gasteiger partial charge is 0.276 e. The Hall–Kier alpha value is -1.26. The van der Waals surface area contributed by atoms with E-state index in [0.717, 1.165) is 0 Å². The second-order valence-corrected chi connectivity index (χ2v) is 3.63. The standard InChI is InChI=1S/C9H5ClN2OS/c10-8(13)6-4-14-5-7(6)9-11-2-1-3-12-9/h1-5H. The van der Waals surface area contributed by atoms with Crippen LogP contribution in [0.3, 0.4) is 0 Å². The smallest absolute Gasteiger partial charge is 0.253 e. The van der Waals surface area contributed by atoms with Gasteiger partial charge in [-0.2, -0.15) is 11.3 Å². The molecular weight excluding hydrogens is 220 g/mol. The molecule has 0 aliphatic heterocycles. The van der Waals surface area contributed by atoms with Gasteiger partial charge in [-0.05, 0) is 17.7 Å². The molecule has 0 unspecified atom stereocenters. The van der Waals surface area contributed by atoms with Crippen molar-refractivity contribution in [2.75, 3.05) is 0 Å². The maximum atomic E-state index is 11.0. The number of nitrogens with zero attached hydrogens (tertiary/aromatic N) is 2. The molecule has 0 N–H and O–H groups in total. The van der Waals surface area contributed by atoms with Gasteiger partial charge in [0, 0.05) is 28.7 Å². The number of hydrogen-bond donors (Lipinski definition) is 0. The molecule has 5 heteroatoms. The van der Waals surface area contributed by atoms with E-state index in [2.05, 4.69) is 9.97 Å². The number of thiophene rings is 1. The molecule has 0 amide bonds. The van der Waals surface area contributed by atoms with Gasteiger partial charge in [0.15, 0.2) is 5.82 Å². The highest BCUT2D eigenvalue weighted by Crippen LogP contribution is 2.25. The Morgan fingerprint density at radius 2 is 2.00 bits per heavy atom. The number of halogens is 1. The Bertz CT molecular complexity index is 455. The van der Waals surface area contributed by atoms with Crippen LogP contribution in [0, 0.1) is 0 Å². The van der Waals surface area contributed by atoms with Crippen LogP contribution in [-0.2, 0) is 0 Å². The van der Waals surface area contributed by atoms with Crippen LogP contribution in [0.15, 0.2) is 29.2 Å². The SMILES string of the molecule is O=C(Cl)c1cscc1-c1ncccn1. The van der Waals surface area contributed by atoms with Gasteiger partial charge in [-0.1, -0.05) is 0 Å². The lowest BCUT2D eigenvalue weighted by Crippen LogP contribution is -1.92. The molecule has 2 rings (SSSR count). The first-order valence-electron chi connectivity index (χ1n) is 3.82. The molecule has 0 saturated carbocycles. The maximum absolute atomic E-state index is 11.0. The quantitative estimate of drug-likeness (QED) is 0.737. The monoisotopic (exact) mass is 224 g/mol. The highest BCUT2D eigenvalue weighted by molar-refractivity contribution is 7.08. The highest BCUT2D eigenvalue weighted by atomic mass is 35.5. The fraction of sp³-hybridized carbons (Fsp3) is 0. The lowest BCUT2D eigenvalue weighted by molar-refractivity contribution is 0.108. The Kier molecular flexibility index (Phi) is 2.56. The number of carbonyl (C=O) groups excluding carboxylic acids is 1. The molecule has 2 aromatic heterocycles. The molecular formula is C9H5ClN2OS. The van der Waals surface area contributed by atoms with E-state index in [4.69, 9.17) is 11.6 Å². The van der Waals surface area contributed by atoms with E-state index in [9.17, 15) is 4.79 Å². The topological polar surface area (TPSA) is 42.9 Å². The first-order chi connectivity index (χ1) is 6.79. The van der Waals surface area contributed by atoms with Crippen LogP contribution in [0.2, 0.25) is 0 Å². The third-order valence-corrected chi connectivity index (χ3v) is 2.63. The zero-order valence-electron chi connectivity index (χ0n) is 6.98. The van der Waals surface area contributed by atoms with Crippen molar-refractivity contribution in [3.8, 4) is 11.4 Å². The van der Waals surface area contributed by atoms with Crippen molar-refractivity contribution in [2.24, 2.45) is 0 Å². The summed E-state index contributed by atoms with van der Waals surface area (Å²) in [5, 5.41) is 3.03. The number of aromatic nitrogens is 2. The fourth-order valence-electron chi connectivity index (χ4n) is 1.06. The molecule has 70 valence electrons. The molecule has 2 heterocycles.